The van der Waals surface area contributed by atoms with Crippen LogP contribution in [0.4, 0.5) is 0 Å². The Morgan fingerprint density at radius 3 is 1.11 bits per heavy atom. The first-order valence-corrected chi connectivity index (χ1v) is 0.928. The zero-order chi connectivity index (χ0) is 3.58. The van der Waals surface area contributed by atoms with Crippen LogP contribution in [-0.2, 0) is 22.2 Å². The third-order valence-corrected chi connectivity index (χ3v) is 0. The standard InChI is InChI=1S/C2H4O2.Cr.4H2O/c1-2(3)4;;;;;/h1H3,(H,3,4);;4*1H2. The van der Waals surface area contributed by atoms with Crippen molar-refractivity contribution in [3.8, 4) is 0 Å². The van der Waals surface area contributed by atoms with Gasteiger partial charge < -0.3 is 27.0 Å². The number of hydrogen-bond acceptors (Lipinski definition) is 1. The van der Waals surface area contributed by atoms with Crippen molar-refractivity contribution in [3.63, 3.8) is 0 Å². The van der Waals surface area contributed by atoms with Crippen molar-refractivity contribution in [2.45, 2.75) is 6.92 Å². The molecule has 0 rings (SSSR count). The van der Waals surface area contributed by atoms with Crippen LogP contribution < -0.4 is 0 Å². The Bertz CT molecular complexity index is 34.0. The van der Waals surface area contributed by atoms with E-state index in [4.69, 9.17) is 9.90 Å². The fourth-order valence-corrected chi connectivity index (χ4v) is 0. The molecule has 0 aromatic rings. The van der Waals surface area contributed by atoms with Crippen molar-refractivity contribution >= 4 is 5.97 Å². The molecule has 0 saturated carbocycles. The van der Waals surface area contributed by atoms with E-state index in [2.05, 4.69) is 0 Å². The molecule has 9 heavy (non-hydrogen) atoms. The summed E-state index contributed by atoms with van der Waals surface area (Å²) in [6.07, 6.45) is 0. The zero-order valence-electron chi connectivity index (χ0n) is 4.76. The molecular weight excluding hydrogens is 172 g/mol. The molecule has 0 unspecified atom stereocenters. The molecule has 0 amide bonds. The largest absolute Gasteiger partial charge is 0.481 e. The predicted molar refractivity (Wildman–Crippen MR) is 27.8 cm³/mol. The average Bonchev–Trinajstić information content (AvgIpc) is 0.811. The molecule has 0 fully saturated rings. The summed E-state index contributed by atoms with van der Waals surface area (Å²) in [5.74, 6) is -0.833. The third-order valence-electron chi connectivity index (χ3n) is 0. The molecule has 0 saturated heterocycles. The first kappa shape index (κ1) is 67.3. The summed E-state index contributed by atoms with van der Waals surface area (Å²) >= 11 is 0. The van der Waals surface area contributed by atoms with Crippen LogP contribution in [0.2, 0.25) is 0 Å². The Hall–Kier alpha value is -0.158. The van der Waals surface area contributed by atoms with Gasteiger partial charge in [0.2, 0.25) is 0 Å². The molecule has 0 bridgehead atoms. The van der Waals surface area contributed by atoms with Gasteiger partial charge in [0.15, 0.2) is 0 Å². The second-order valence-electron chi connectivity index (χ2n) is 0.519. The molecule has 0 heterocycles. The van der Waals surface area contributed by atoms with E-state index in [9.17, 15) is 0 Å². The van der Waals surface area contributed by atoms with Gasteiger partial charge in [0.05, 0.1) is 0 Å². The van der Waals surface area contributed by atoms with Crippen LogP contribution in [0.5, 0.6) is 0 Å². The number of rotatable bonds is 0. The van der Waals surface area contributed by atoms with E-state index < -0.39 is 5.97 Å². The van der Waals surface area contributed by atoms with E-state index in [0.717, 1.165) is 6.92 Å². The number of carbonyl (C=O) groups is 1. The van der Waals surface area contributed by atoms with Crippen molar-refractivity contribution in [1.29, 1.82) is 0 Å². The van der Waals surface area contributed by atoms with Crippen LogP contribution in [-0.4, -0.2) is 33.0 Å². The van der Waals surface area contributed by atoms with Crippen LogP contribution in [0.3, 0.4) is 0 Å². The van der Waals surface area contributed by atoms with E-state index >= 15 is 0 Å². The molecule has 7 heteroatoms. The van der Waals surface area contributed by atoms with E-state index in [1.807, 2.05) is 0 Å². The quantitative estimate of drug-likeness (QED) is 0.419. The van der Waals surface area contributed by atoms with Crippen LogP contribution in [0.25, 0.3) is 0 Å². The fourth-order valence-electron chi connectivity index (χ4n) is 0. The number of carboxylic acid groups (broad SMARTS) is 1. The van der Waals surface area contributed by atoms with Crippen LogP contribution in [0.1, 0.15) is 6.92 Å². The fraction of sp³-hybridized carbons (Fsp3) is 0.500. The molecule has 62 valence electrons. The molecule has 0 aromatic heterocycles. The van der Waals surface area contributed by atoms with E-state index in [0.29, 0.717) is 0 Å². The first-order valence-electron chi connectivity index (χ1n) is 0.928. The van der Waals surface area contributed by atoms with Gasteiger partial charge in [0, 0.05) is 24.3 Å². The maximum absolute atomic E-state index is 9.00. The van der Waals surface area contributed by atoms with Gasteiger partial charge in [-0.2, -0.15) is 0 Å². The number of hydrogen-bond donors (Lipinski definition) is 1. The van der Waals surface area contributed by atoms with Gasteiger partial charge in [-0.1, -0.05) is 0 Å². The zero-order valence-corrected chi connectivity index (χ0v) is 6.04. The Labute approximate surface area is 62.9 Å². The van der Waals surface area contributed by atoms with Crippen LogP contribution in [0, 0.1) is 0 Å². The monoisotopic (exact) mass is 184 g/mol. The van der Waals surface area contributed by atoms with Crippen molar-refractivity contribution in [1.82, 2.24) is 0 Å². The molecule has 0 atom stereocenters. The molecule has 0 aliphatic carbocycles. The van der Waals surface area contributed by atoms with Crippen LogP contribution in [0.15, 0.2) is 0 Å². The van der Waals surface area contributed by atoms with E-state index in [1.165, 1.54) is 0 Å². The Kier molecular flexibility index (Phi) is 340. The minimum absolute atomic E-state index is 0. The maximum atomic E-state index is 9.00. The van der Waals surface area contributed by atoms with Gasteiger partial charge in [-0.05, 0) is 0 Å². The molecule has 6 nitrogen and oxygen atoms in total. The smallest absolute Gasteiger partial charge is 0.300 e. The number of carboxylic acids is 1. The Morgan fingerprint density at radius 1 is 1.11 bits per heavy atom. The minimum atomic E-state index is -0.833. The van der Waals surface area contributed by atoms with Crippen LogP contribution >= 0.6 is 0 Å². The summed E-state index contributed by atoms with van der Waals surface area (Å²) in [6.45, 7) is 1.08. The summed E-state index contributed by atoms with van der Waals surface area (Å²) in [5, 5.41) is 7.42. The molecule has 0 aromatic carbocycles. The topological polar surface area (TPSA) is 163 Å². The summed E-state index contributed by atoms with van der Waals surface area (Å²) in [5.41, 5.74) is 0. The SMILES string of the molecule is CC(=O)O.O.O.O.O.[Cr]. The molecule has 0 aliphatic rings. The van der Waals surface area contributed by atoms with Crippen molar-refractivity contribution in [2.75, 3.05) is 0 Å². The van der Waals surface area contributed by atoms with Crippen molar-refractivity contribution in [3.05, 3.63) is 0 Å². The average molecular weight is 184 g/mol. The summed E-state index contributed by atoms with van der Waals surface area (Å²) in [7, 11) is 0. The minimum Gasteiger partial charge on any atom is -0.481 e. The molecule has 0 radical (unpaired) electrons. The molecular formula is C2H12CrO6. The van der Waals surface area contributed by atoms with E-state index in [1.54, 1.807) is 0 Å². The summed E-state index contributed by atoms with van der Waals surface area (Å²) in [6, 6.07) is 0. The number of aliphatic carboxylic acids is 1. The maximum Gasteiger partial charge on any atom is 0.300 e. The van der Waals surface area contributed by atoms with Gasteiger partial charge in [0.1, 0.15) is 0 Å². The third kappa shape index (κ3) is 10800. The molecule has 0 aliphatic heterocycles. The van der Waals surface area contributed by atoms with Gasteiger partial charge in [-0.25, -0.2) is 0 Å². The second kappa shape index (κ2) is 45.4. The second-order valence-corrected chi connectivity index (χ2v) is 0.519. The van der Waals surface area contributed by atoms with E-state index in [-0.39, 0.29) is 39.3 Å². The molecule has 0 spiro atoms. The Balaban J connectivity index is -0.00000000450. The van der Waals surface area contributed by atoms with Gasteiger partial charge in [0.25, 0.3) is 5.97 Å². The van der Waals surface area contributed by atoms with Gasteiger partial charge in [-0.3, -0.25) is 4.79 Å². The normalized spacial score (nSPS) is 2.78. The summed E-state index contributed by atoms with van der Waals surface area (Å²) < 4.78 is 0. The van der Waals surface area contributed by atoms with Gasteiger partial charge >= 0.3 is 0 Å². The van der Waals surface area contributed by atoms with Gasteiger partial charge in [-0.15, -0.1) is 0 Å². The molecule has 9 N–H and O–H groups in total. The summed E-state index contributed by atoms with van der Waals surface area (Å²) in [4.78, 5) is 9.00. The van der Waals surface area contributed by atoms with Crippen molar-refractivity contribution < 1.29 is 49.2 Å². The predicted octanol–water partition coefficient (Wildman–Crippen LogP) is -3.21. The first-order chi connectivity index (χ1) is 1.73. The van der Waals surface area contributed by atoms with Crippen molar-refractivity contribution in [2.24, 2.45) is 0 Å². The Morgan fingerprint density at radius 2 is 1.11 bits per heavy atom.